The number of nitrogens with zero attached hydrogens (tertiary/aromatic N) is 3. The van der Waals surface area contributed by atoms with Crippen LogP contribution in [0.25, 0.3) is 11.0 Å². The van der Waals surface area contributed by atoms with E-state index in [9.17, 15) is 4.79 Å². The topological polar surface area (TPSA) is 68.5 Å². The van der Waals surface area contributed by atoms with Crippen molar-refractivity contribution in [2.75, 3.05) is 12.9 Å². The standard InChI is InChI=1S/C19H19BrN4O2S/c1-12(13-4-6-14(20)7-5-13)22-23-18(25)11-27-19-21-16-10-15(26-3)8-9-17(16)24(19)2/h4-10H,11H2,1-3H3,(H,23,25)/b22-12-. The third kappa shape index (κ3) is 4.70. The summed E-state index contributed by atoms with van der Waals surface area (Å²) in [5.41, 5.74) is 6.12. The zero-order valence-electron chi connectivity index (χ0n) is 15.2. The molecule has 0 saturated carbocycles. The van der Waals surface area contributed by atoms with E-state index in [1.807, 2.05) is 61.0 Å². The van der Waals surface area contributed by atoms with Crippen LogP contribution in [0.4, 0.5) is 0 Å². The second-order valence-corrected chi connectivity index (χ2v) is 7.69. The van der Waals surface area contributed by atoms with Crippen molar-refractivity contribution in [1.29, 1.82) is 0 Å². The Morgan fingerprint density at radius 2 is 2.04 bits per heavy atom. The van der Waals surface area contributed by atoms with Crippen LogP contribution in [0.15, 0.2) is 57.2 Å². The van der Waals surface area contributed by atoms with Crippen molar-refractivity contribution in [3.05, 3.63) is 52.5 Å². The highest BCUT2D eigenvalue weighted by Gasteiger charge is 2.11. The molecular formula is C19H19BrN4O2S. The van der Waals surface area contributed by atoms with Gasteiger partial charge in [0.15, 0.2) is 5.16 Å². The highest BCUT2D eigenvalue weighted by molar-refractivity contribution is 9.10. The molecule has 0 spiro atoms. The van der Waals surface area contributed by atoms with Gasteiger partial charge >= 0.3 is 0 Å². The van der Waals surface area contributed by atoms with E-state index in [0.29, 0.717) is 0 Å². The Balaban J connectivity index is 1.62. The molecule has 0 radical (unpaired) electrons. The first-order valence-electron chi connectivity index (χ1n) is 8.20. The minimum atomic E-state index is -0.180. The van der Waals surface area contributed by atoms with Gasteiger partial charge in [-0.2, -0.15) is 5.10 Å². The number of rotatable bonds is 6. The quantitative estimate of drug-likeness (QED) is 0.353. The van der Waals surface area contributed by atoms with Crippen molar-refractivity contribution in [3.8, 4) is 5.75 Å². The summed E-state index contributed by atoms with van der Waals surface area (Å²) in [5, 5.41) is 4.93. The number of aryl methyl sites for hydroxylation is 1. The van der Waals surface area contributed by atoms with E-state index in [0.717, 1.165) is 37.7 Å². The monoisotopic (exact) mass is 446 g/mol. The summed E-state index contributed by atoms with van der Waals surface area (Å²) in [6.45, 7) is 1.86. The summed E-state index contributed by atoms with van der Waals surface area (Å²) < 4.78 is 8.19. The van der Waals surface area contributed by atoms with E-state index in [-0.39, 0.29) is 11.7 Å². The van der Waals surface area contributed by atoms with Gasteiger partial charge in [0.25, 0.3) is 5.91 Å². The molecule has 3 rings (SSSR count). The lowest BCUT2D eigenvalue weighted by Gasteiger charge is -2.04. The molecule has 0 atom stereocenters. The van der Waals surface area contributed by atoms with Gasteiger partial charge in [0.2, 0.25) is 0 Å². The third-order valence-corrected chi connectivity index (χ3v) is 5.55. The number of nitrogens with one attached hydrogen (secondary N) is 1. The Morgan fingerprint density at radius 1 is 1.30 bits per heavy atom. The van der Waals surface area contributed by atoms with Crippen LogP contribution in [0.5, 0.6) is 5.75 Å². The molecule has 0 aliphatic carbocycles. The summed E-state index contributed by atoms with van der Waals surface area (Å²) in [7, 11) is 3.55. The summed E-state index contributed by atoms with van der Waals surface area (Å²) >= 11 is 4.77. The molecule has 27 heavy (non-hydrogen) atoms. The predicted octanol–water partition coefficient (Wildman–Crippen LogP) is 3.98. The number of carbonyl (C=O) groups is 1. The first kappa shape index (κ1) is 19.4. The van der Waals surface area contributed by atoms with E-state index < -0.39 is 0 Å². The minimum Gasteiger partial charge on any atom is -0.497 e. The zero-order valence-corrected chi connectivity index (χ0v) is 17.6. The van der Waals surface area contributed by atoms with Crippen molar-refractivity contribution in [3.63, 3.8) is 0 Å². The highest BCUT2D eigenvalue weighted by atomic mass is 79.9. The average molecular weight is 447 g/mol. The van der Waals surface area contributed by atoms with Crippen LogP contribution in [0.2, 0.25) is 0 Å². The van der Waals surface area contributed by atoms with Crippen LogP contribution >= 0.6 is 27.7 Å². The maximum atomic E-state index is 12.1. The summed E-state index contributed by atoms with van der Waals surface area (Å²) in [5.74, 6) is 0.805. The van der Waals surface area contributed by atoms with E-state index >= 15 is 0 Å². The highest BCUT2D eigenvalue weighted by Crippen LogP contribution is 2.25. The number of aromatic nitrogens is 2. The first-order valence-corrected chi connectivity index (χ1v) is 9.98. The van der Waals surface area contributed by atoms with E-state index in [1.54, 1.807) is 7.11 Å². The summed E-state index contributed by atoms with van der Waals surface area (Å²) in [6.07, 6.45) is 0. The third-order valence-electron chi connectivity index (χ3n) is 3.99. The van der Waals surface area contributed by atoms with E-state index in [4.69, 9.17) is 4.74 Å². The van der Waals surface area contributed by atoms with Gasteiger partial charge in [-0.3, -0.25) is 4.79 Å². The van der Waals surface area contributed by atoms with Crippen LogP contribution in [-0.2, 0) is 11.8 Å². The number of methoxy groups -OCH3 is 1. The van der Waals surface area contributed by atoms with E-state index in [1.165, 1.54) is 11.8 Å². The van der Waals surface area contributed by atoms with Gasteiger partial charge < -0.3 is 9.30 Å². The number of imidazole rings is 1. The number of thioether (sulfide) groups is 1. The fourth-order valence-electron chi connectivity index (χ4n) is 2.48. The molecule has 0 bridgehead atoms. The van der Waals surface area contributed by atoms with Gasteiger partial charge in [0, 0.05) is 17.6 Å². The van der Waals surface area contributed by atoms with Crippen LogP contribution < -0.4 is 10.2 Å². The fraction of sp³-hybridized carbons (Fsp3) is 0.211. The molecule has 3 aromatic rings. The lowest BCUT2D eigenvalue weighted by Crippen LogP contribution is -2.21. The molecule has 8 heteroatoms. The molecule has 1 aromatic heterocycles. The molecule has 1 amide bonds. The fourth-order valence-corrected chi connectivity index (χ4v) is 3.52. The minimum absolute atomic E-state index is 0.180. The van der Waals surface area contributed by atoms with Crippen LogP contribution in [0, 0.1) is 0 Å². The van der Waals surface area contributed by atoms with Gasteiger partial charge in [-0.1, -0.05) is 39.8 Å². The van der Waals surface area contributed by atoms with Gasteiger partial charge in [0.05, 0.1) is 29.6 Å². The number of hydrogen-bond donors (Lipinski definition) is 1. The summed E-state index contributed by atoms with van der Waals surface area (Å²) in [4.78, 5) is 16.7. The largest absolute Gasteiger partial charge is 0.497 e. The molecule has 0 fully saturated rings. The number of halogens is 1. The van der Waals surface area contributed by atoms with Gasteiger partial charge in [-0.15, -0.1) is 0 Å². The Bertz CT molecular complexity index is 999. The smallest absolute Gasteiger partial charge is 0.250 e. The average Bonchev–Trinajstić information content (AvgIpc) is 3.00. The lowest BCUT2D eigenvalue weighted by molar-refractivity contribution is -0.118. The molecule has 140 valence electrons. The molecule has 1 N–H and O–H groups in total. The van der Waals surface area contributed by atoms with Gasteiger partial charge in [-0.05, 0) is 36.8 Å². The number of benzene rings is 2. The second kappa shape index (κ2) is 8.58. The van der Waals surface area contributed by atoms with Gasteiger partial charge in [-0.25, -0.2) is 10.4 Å². The van der Waals surface area contributed by atoms with Crippen molar-refractivity contribution in [1.82, 2.24) is 15.0 Å². The first-order chi connectivity index (χ1) is 13.0. The van der Waals surface area contributed by atoms with Crippen molar-refractivity contribution in [2.45, 2.75) is 12.1 Å². The molecule has 0 saturated heterocycles. The molecule has 0 aliphatic rings. The maximum absolute atomic E-state index is 12.1. The normalized spacial score (nSPS) is 11.6. The number of hydrogen-bond acceptors (Lipinski definition) is 5. The Labute approximate surface area is 170 Å². The molecule has 1 heterocycles. The van der Waals surface area contributed by atoms with Gasteiger partial charge in [0.1, 0.15) is 5.75 Å². The SMILES string of the molecule is COc1ccc2c(c1)nc(SCC(=O)N/N=C(/C)c1ccc(Br)cc1)n2C. The Hall–Kier alpha value is -2.32. The molecule has 6 nitrogen and oxygen atoms in total. The molecule has 2 aromatic carbocycles. The van der Waals surface area contributed by atoms with Crippen molar-refractivity contribution >= 4 is 50.3 Å². The second-order valence-electron chi connectivity index (χ2n) is 5.84. The molecule has 0 unspecified atom stereocenters. The number of carbonyl (C=O) groups excluding carboxylic acids is 1. The Kier molecular flexibility index (Phi) is 6.18. The Morgan fingerprint density at radius 3 is 2.74 bits per heavy atom. The zero-order chi connectivity index (χ0) is 19.4. The number of hydrazone groups is 1. The number of ether oxygens (including phenoxy) is 1. The van der Waals surface area contributed by atoms with Crippen molar-refractivity contribution in [2.24, 2.45) is 12.1 Å². The maximum Gasteiger partial charge on any atom is 0.250 e. The van der Waals surface area contributed by atoms with Crippen LogP contribution in [0.3, 0.4) is 0 Å². The van der Waals surface area contributed by atoms with Crippen LogP contribution in [0.1, 0.15) is 12.5 Å². The lowest BCUT2D eigenvalue weighted by atomic mass is 10.1. The predicted molar refractivity (Wildman–Crippen MR) is 112 cm³/mol. The van der Waals surface area contributed by atoms with Crippen LogP contribution in [-0.4, -0.2) is 34.0 Å². The van der Waals surface area contributed by atoms with E-state index in [2.05, 4.69) is 31.4 Å². The summed E-state index contributed by atoms with van der Waals surface area (Å²) in [6, 6.07) is 13.5. The molecule has 0 aliphatic heterocycles. The number of amides is 1. The molecular weight excluding hydrogens is 428 g/mol. The van der Waals surface area contributed by atoms with Crippen molar-refractivity contribution < 1.29 is 9.53 Å². The number of fused-ring (bicyclic) bond motifs is 1.